The van der Waals surface area contributed by atoms with E-state index in [9.17, 15) is 0 Å². The molecule has 1 saturated carbocycles. The van der Waals surface area contributed by atoms with Crippen LogP contribution in [0.15, 0.2) is 4.52 Å². The summed E-state index contributed by atoms with van der Waals surface area (Å²) in [4.78, 5) is 4.62. The average molecular weight is 281 g/mol. The second-order valence-electron chi connectivity index (χ2n) is 5.95. The van der Waals surface area contributed by atoms with Gasteiger partial charge < -0.3 is 14.6 Å². The summed E-state index contributed by atoms with van der Waals surface area (Å²) in [5.74, 6) is 2.13. The van der Waals surface area contributed by atoms with Gasteiger partial charge in [0.05, 0.1) is 5.92 Å². The molecule has 0 amide bonds. The first-order valence-electron chi connectivity index (χ1n) is 7.77. The molecule has 0 bridgehead atoms. The Morgan fingerprint density at radius 2 is 2.10 bits per heavy atom. The lowest BCUT2D eigenvalue weighted by Crippen LogP contribution is -2.37. The van der Waals surface area contributed by atoms with Gasteiger partial charge in [0.1, 0.15) is 6.10 Å². The molecule has 0 radical (unpaired) electrons. The Hall–Kier alpha value is -0.940. The first-order chi connectivity index (χ1) is 9.67. The molecule has 1 aromatic rings. The zero-order valence-electron chi connectivity index (χ0n) is 13.1. The van der Waals surface area contributed by atoms with E-state index in [4.69, 9.17) is 9.26 Å². The van der Waals surface area contributed by atoms with Gasteiger partial charge in [-0.05, 0) is 25.3 Å². The van der Waals surface area contributed by atoms with Crippen LogP contribution in [-0.4, -0.2) is 29.8 Å². The topological polar surface area (TPSA) is 60.2 Å². The van der Waals surface area contributed by atoms with Gasteiger partial charge in [-0.2, -0.15) is 4.98 Å². The van der Waals surface area contributed by atoms with Crippen molar-refractivity contribution in [1.82, 2.24) is 15.5 Å². The molecule has 20 heavy (non-hydrogen) atoms. The summed E-state index contributed by atoms with van der Waals surface area (Å²) in [6.45, 7) is 7.33. The molecule has 0 spiro atoms. The lowest BCUT2D eigenvalue weighted by atomic mass is 9.84. The Bertz CT molecular complexity index is 404. The van der Waals surface area contributed by atoms with Gasteiger partial charge in [0, 0.05) is 13.2 Å². The molecule has 0 saturated heterocycles. The molecule has 2 rings (SSSR count). The lowest BCUT2D eigenvalue weighted by molar-refractivity contribution is 0.0555. The fourth-order valence-corrected chi connectivity index (χ4v) is 3.12. The number of aromatic nitrogens is 2. The fourth-order valence-electron chi connectivity index (χ4n) is 3.12. The Balaban J connectivity index is 2.13. The summed E-state index contributed by atoms with van der Waals surface area (Å²) in [5, 5.41) is 7.69. The molecular weight excluding hydrogens is 254 g/mol. The predicted octanol–water partition coefficient (Wildman–Crippen LogP) is 3.05. The Morgan fingerprint density at radius 1 is 1.35 bits per heavy atom. The Labute approximate surface area is 121 Å². The lowest BCUT2D eigenvalue weighted by Gasteiger charge is -2.29. The molecule has 1 fully saturated rings. The van der Waals surface area contributed by atoms with Crippen LogP contribution in [0.1, 0.15) is 70.2 Å². The second kappa shape index (κ2) is 7.18. The van der Waals surface area contributed by atoms with E-state index in [1.807, 2.05) is 0 Å². The SMILES string of the molecule is CCNC1CCCCC1c1nc(C(OC)C(C)C)no1. The van der Waals surface area contributed by atoms with E-state index in [-0.39, 0.29) is 6.10 Å². The van der Waals surface area contributed by atoms with Crippen molar-refractivity contribution in [3.05, 3.63) is 11.7 Å². The third-order valence-electron chi connectivity index (χ3n) is 4.12. The summed E-state index contributed by atoms with van der Waals surface area (Å²) in [7, 11) is 1.70. The van der Waals surface area contributed by atoms with Gasteiger partial charge in [-0.25, -0.2) is 0 Å². The minimum atomic E-state index is -0.0892. The van der Waals surface area contributed by atoms with Crippen molar-refractivity contribution in [3.8, 4) is 0 Å². The predicted molar refractivity (Wildman–Crippen MR) is 77.6 cm³/mol. The molecule has 3 atom stereocenters. The molecule has 1 heterocycles. The van der Waals surface area contributed by atoms with Gasteiger partial charge in [0.2, 0.25) is 11.7 Å². The number of ether oxygens (including phenoxy) is 1. The zero-order chi connectivity index (χ0) is 14.5. The van der Waals surface area contributed by atoms with Gasteiger partial charge >= 0.3 is 0 Å². The van der Waals surface area contributed by atoms with Gasteiger partial charge in [-0.3, -0.25) is 0 Å². The van der Waals surface area contributed by atoms with Crippen molar-refractivity contribution in [2.45, 2.75) is 64.5 Å². The summed E-state index contributed by atoms with van der Waals surface area (Å²) in [6.07, 6.45) is 4.74. The average Bonchev–Trinajstić information content (AvgIpc) is 2.89. The Morgan fingerprint density at radius 3 is 2.75 bits per heavy atom. The van der Waals surface area contributed by atoms with Gasteiger partial charge in [0.25, 0.3) is 0 Å². The first-order valence-corrected chi connectivity index (χ1v) is 7.77. The third-order valence-corrected chi connectivity index (χ3v) is 4.12. The maximum absolute atomic E-state index is 5.53. The standard InChI is InChI=1S/C15H27N3O2/c1-5-16-12-9-7-6-8-11(12)15-17-14(18-20-15)13(19-4)10(2)3/h10-13,16H,5-9H2,1-4H3. The number of methoxy groups -OCH3 is 1. The number of nitrogens with one attached hydrogen (secondary N) is 1. The van der Waals surface area contributed by atoms with Crippen molar-refractivity contribution in [2.24, 2.45) is 5.92 Å². The van der Waals surface area contributed by atoms with Crippen LogP contribution >= 0.6 is 0 Å². The number of nitrogens with zero attached hydrogens (tertiary/aromatic N) is 2. The molecule has 5 heteroatoms. The highest BCUT2D eigenvalue weighted by molar-refractivity contribution is 5.03. The van der Waals surface area contributed by atoms with Gasteiger partial charge in [-0.15, -0.1) is 0 Å². The van der Waals surface area contributed by atoms with Crippen LogP contribution in [0.3, 0.4) is 0 Å². The van der Waals surface area contributed by atoms with Crippen molar-refractivity contribution >= 4 is 0 Å². The highest BCUT2D eigenvalue weighted by Crippen LogP contribution is 2.33. The smallest absolute Gasteiger partial charge is 0.231 e. The molecule has 1 N–H and O–H groups in total. The summed E-state index contributed by atoms with van der Waals surface area (Å²) in [6, 6.07) is 0.460. The van der Waals surface area contributed by atoms with Crippen molar-refractivity contribution in [3.63, 3.8) is 0 Å². The largest absolute Gasteiger partial charge is 0.373 e. The normalized spacial score (nSPS) is 25.1. The van der Waals surface area contributed by atoms with E-state index in [0.717, 1.165) is 18.9 Å². The molecular formula is C15H27N3O2. The molecule has 0 aromatic carbocycles. The number of hydrogen-bond donors (Lipinski definition) is 1. The van der Waals surface area contributed by atoms with E-state index in [0.29, 0.717) is 23.7 Å². The van der Waals surface area contributed by atoms with E-state index >= 15 is 0 Å². The van der Waals surface area contributed by atoms with Gasteiger partial charge in [-0.1, -0.05) is 38.8 Å². The number of hydrogen-bond acceptors (Lipinski definition) is 5. The molecule has 1 aliphatic rings. The molecule has 0 aliphatic heterocycles. The second-order valence-corrected chi connectivity index (χ2v) is 5.95. The highest BCUT2D eigenvalue weighted by atomic mass is 16.5. The van der Waals surface area contributed by atoms with E-state index in [1.165, 1.54) is 19.3 Å². The number of likely N-dealkylation sites (N-methyl/N-ethyl adjacent to an activating group) is 1. The van der Waals surface area contributed by atoms with Crippen LogP contribution < -0.4 is 5.32 Å². The molecule has 1 aromatic heterocycles. The summed E-state index contributed by atoms with van der Waals surface area (Å²) < 4.78 is 11.0. The molecule has 5 nitrogen and oxygen atoms in total. The quantitative estimate of drug-likeness (QED) is 0.868. The third kappa shape index (κ3) is 3.38. The minimum Gasteiger partial charge on any atom is -0.373 e. The highest BCUT2D eigenvalue weighted by Gasteiger charge is 2.31. The van der Waals surface area contributed by atoms with Crippen molar-refractivity contribution < 1.29 is 9.26 Å². The van der Waals surface area contributed by atoms with E-state index in [1.54, 1.807) is 7.11 Å². The van der Waals surface area contributed by atoms with Crippen LogP contribution in [0.2, 0.25) is 0 Å². The van der Waals surface area contributed by atoms with Crippen LogP contribution in [0, 0.1) is 5.92 Å². The fraction of sp³-hybridized carbons (Fsp3) is 0.867. The molecule has 3 unspecified atom stereocenters. The first kappa shape index (κ1) is 15.4. The molecule has 1 aliphatic carbocycles. The van der Waals surface area contributed by atoms with Crippen LogP contribution in [0.4, 0.5) is 0 Å². The van der Waals surface area contributed by atoms with Crippen molar-refractivity contribution in [1.29, 1.82) is 0 Å². The maximum atomic E-state index is 5.53. The summed E-state index contributed by atoms with van der Waals surface area (Å²) in [5.41, 5.74) is 0. The maximum Gasteiger partial charge on any atom is 0.231 e. The Kier molecular flexibility index (Phi) is 5.54. The minimum absolute atomic E-state index is 0.0892. The summed E-state index contributed by atoms with van der Waals surface area (Å²) >= 11 is 0. The van der Waals surface area contributed by atoms with Crippen LogP contribution in [-0.2, 0) is 4.74 Å². The van der Waals surface area contributed by atoms with Gasteiger partial charge in [0.15, 0.2) is 0 Å². The zero-order valence-corrected chi connectivity index (χ0v) is 13.1. The van der Waals surface area contributed by atoms with Crippen molar-refractivity contribution in [2.75, 3.05) is 13.7 Å². The van der Waals surface area contributed by atoms with E-state index in [2.05, 4.69) is 36.2 Å². The molecule has 114 valence electrons. The van der Waals surface area contributed by atoms with Crippen LogP contribution in [0.25, 0.3) is 0 Å². The number of rotatable bonds is 6. The van der Waals surface area contributed by atoms with Crippen LogP contribution in [0.5, 0.6) is 0 Å². The van der Waals surface area contributed by atoms with E-state index < -0.39 is 0 Å². The monoisotopic (exact) mass is 281 g/mol.